The Morgan fingerprint density at radius 3 is 2.68 bits per heavy atom. The Hall–Kier alpha value is -4.96. The largest absolute Gasteiger partial charge is 0.489 e. The maximum atomic E-state index is 11.3. The quantitative estimate of drug-likeness (QED) is 0.252. The zero-order valence-corrected chi connectivity index (χ0v) is 22.7. The second kappa shape index (κ2) is 11.6. The molecule has 3 N–H and O–H groups in total. The first-order chi connectivity index (χ1) is 20.0. The van der Waals surface area contributed by atoms with Crippen molar-refractivity contribution in [2.75, 3.05) is 11.9 Å². The van der Waals surface area contributed by atoms with E-state index in [1.165, 1.54) is 0 Å². The summed E-state index contributed by atoms with van der Waals surface area (Å²) in [6.45, 7) is 1.96. The number of hydrogen-bond donors (Lipinski definition) is 2. The summed E-state index contributed by atoms with van der Waals surface area (Å²) in [7, 11) is 1.99. The van der Waals surface area contributed by atoms with Crippen LogP contribution in [-0.2, 0) is 24.9 Å². The molecule has 1 aliphatic heterocycles. The number of ether oxygens (including phenoxy) is 2. The average Bonchev–Trinajstić information content (AvgIpc) is 3.58. The van der Waals surface area contributed by atoms with Gasteiger partial charge in [-0.25, -0.2) is 19.7 Å². The van der Waals surface area contributed by atoms with Crippen LogP contribution in [0.3, 0.4) is 0 Å². The van der Waals surface area contributed by atoms with E-state index in [1.807, 2.05) is 80.0 Å². The monoisotopic (exact) mass is 549 g/mol. The summed E-state index contributed by atoms with van der Waals surface area (Å²) in [4.78, 5) is 27.1. The van der Waals surface area contributed by atoms with Gasteiger partial charge in [0.15, 0.2) is 6.23 Å². The molecule has 1 fully saturated rings. The van der Waals surface area contributed by atoms with Gasteiger partial charge in [0.2, 0.25) is 0 Å². The summed E-state index contributed by atoms with van der Waals surface area (Å²) in [5.41, 5.74) is 10.0. The van der Waals surface area contributed by atoms with Gasteiger partial charge in [0.25, 0.3) is 0 Å². The lowest BCUT2D eigenvalue weighted by Gasteiger charge is -2.23. The SMILES string of the molecule is Cn1c(CN2CCC[C@@H]2OC(N)=O)cnc1-c1ccc2ncnc(Nc3ccc(OCc4ccccc4)cc3)c2c1. The molecule has 0 radical (unpaired) electrons. The minimum atomic E-state index is -0.747. The lowest BCUT2D eigenvalue weighted by atomic mass is 10.1. The number of nitrogens with two attached hydrogens (primary N) is 1. The Kier molecular flexibility index (Phi) is 7.46. The van der Waals surface area contributed by atoms with E-state index in [1.54, 1.807) is 6.33 Å². The summed E-state index contributed by atoms with van der Waals surface area (Å²) in [5.74, 6) is 2.32. The van der Waals surface area contributed by atoms with Crippen molar-refractivity contribution in [3.63, 3.8) is 0 Å². The fourth-order valence-corrected chi connectivity index (χ4v) is 5.12. The highest BCUT2D eigenvalue weighted by atomic mass is 16.6. The van der Waals surface area contributed by atoms with Crippen molar-refractivity contribution in [3.05, 3.63) is 96.6 Å². The van der Waals surface area contributed by atoms with Gasteiger partial charge >= 0.3 is 6.09 Å². The molecule has 0 unspecified atom stereocenters. The number of imidazole rings is 1. The molecule has 10 nitrogen and oxygen atoms in total. The van der Waals surface area contributed by atoms with E-state index in [2.05, 4.69) is 30.8 Å². The summed E-state index contributed by atoms with van der Waals surface area (Å²) in [6, 6.07) is 23.9. The zero-order valence-electron chi connectivity index (χ0n) is 22.7. The lowest BCUT2D eigenvalue weighted by molar-refractivity contribution is 0.0129. The van der Waals surface area contributed by atoms with E-state index in [0.29, 0.717) is 19.0 Å². The van der Waals surface area contributed by atoms with Gasteiger partial charge in [-0.1, -0.05) is 30.3 Å². The molecule has 3 heterocycles. The van der Waals surface area contributed by atoms with Gasteiger partial charge < -0.3 is 25.1 Å². The van der Waals surface area contributed by atoms with Crippen LogP contribution in [0, 0.1) is 0 Å². The van der Waals surface area contributed by atoms with Crippen molar-refractivity contribution in [1.82, 2.24) is 24.4 Å². The van der Waals surface area contributed by atoms with Gasteiger partial charge in [0, 0.05) is 36.8 Å². The third-order valence-electron chi connectivity index (χ3n) is 7.26. The molecule has 0 aliphatic carbocycles. The van der Waals surface area contributed by atoms with Crippen molar-refractivity contribution >= 4 is 28.5 Å². The molecule has 5 aromatic rings. The maximum absolute atomic E-state index is 11.3. The molecule has 10 heteroatoms. The van der Waals surface area contributed by atoms with Crippen LogP contribution in [0.1, 0.15) is 24.1 Å². The standard InChI is InChI=1S/C31H31N7O3/c1-37-24(18-38-15-5-8-28(38)41-31(32)39)17-33-30(37)22-9-14-27-26(16-22)29(35-20-34-27)36-23-10-12-25(13-11-23)40-19-21-6-3-2-4-7-21/h2-4,6-7,9-14,16-17,20,28H,5,8,15,18-19H2,1H3,(H2,32,39)(H,34,35,36)/t28-/m0/s1. The molecule has 1 amide bonds. The Bertz CT molecular complexity index is 1650. The van der Waals surface area contributed by atoms with E-state index in [9.17, 15) is 4.79 Å². The van der Waals surface area contributed by atoms with Crippen molar-refractivity contribution in [1.29, 1.82) is 0 Å². The Morgan fingerprint density at radius 1 is 1.05 bits per heavy atom. The Morgan fingerprint density at radius 2 is 1.88 bits per heavy atom. The second-order valence-electron chi connectivity index (χ2n) is 10.0. The second-order valence-corrected chi connectivity index (χ2v) is 10.0. The predicted octanol–water partition coefficient (Wildman–Crippen LogP) is 5.37. The summed E-state index contributed by atoms with van der Waals surface area (Å²) in [5, 5.41) is 4.31. The fraction of sp³-hybridized carbons (Fsp3) is 0.226. The molecular weight excluding hydrogens is 518 g/mol. The number of carbonyl (C=O) groups is 1. The van der Waals surface area contributed by atoms with E-state index >= 15 is 0 Å². The molecule has 6 rings (SSSR count). The van der Waals surface area contributed by atoms with Crippen molar-refractivity contribution < 1.29 is 14.3 Å². The minimum Gasteiger partial charge on any atom is -0.489 e. The summed E-state index contributed by atoms with van der Waals surface area (Å²) < 4.78 is 13.3. The van der Waals surface area contributed by atoms with E-state index in [-0.39, 0.29) is 6.23 Å². The molecule has 41 heavy (non-hydrogen) atoms. The van der Waals surface area contributed by atoms with Crippen LogP contribution in [0.2, 0.25) is 0 Å². The van der Waals surface area contributed by atoms with Gasteiger partial charge in [-0.2, -0.15) is 0 Å². The number of fused-ring (bicyclic) bond motifs is 1. The van der Waals surface area contributed by atoms with Crippen LogP contribution >= 0.6 is 0 Å². The molecule has 0 bridgehead atoms. The topological polar surface area (TPSA) is 120 Å². The molecule has 1 atom stereocenters. The van der Waals surface area contributed by atoms with Gasteiger partial charge in [0.1, 0.15) is 30.3 Å². The summed E-state index contributed by atoms with van der Waals surface area (Å²) >= 11 is 0. The van der Waals surface area contributed by atoms with Gasteiger partial charge in [-0.05, 0) is 60.9 Å². The van der Waals surface area contributed by atoms with Gasteiger partial charge in [-0.15, -0.1) is 0 Å². The van der Waals surface area contributed by atoms with Crippen LogP contribution in [0.25, 0.3) is 22.3 Å². The minimum absolute atomic E-state index is 0.304. The third kappa shape index (κ3) is 5.97. The number of primary amides is 1. The molecule has 1 aliphatic rings. The first-order valence-corrected chi connectivity index (χ1v) is 13.5. The maximum Gasteiger partial charge on any atom is 0.406 e. The molecule has 1 saturated heterocycles. The number of aromatic nitrogens is 4. The van der Waals surface area contributed by atoms with Crippen molar-refractivity contribution in [2.45, 2.75) is 32.2 Å². The fourth-order valence-electron chi connectivity index (χ4n) is 5.12. The molecule has 0 spiro atoms. The lowest BCUT2D eigenvalue weighted by Crippen LogP contribution is -2.35. The van der Waals surface area contributed by atoms with Crippen molar-refractivity contribution in [3.8, 4) is 17.1 Å². The zero-order chi connectivity index (χ0) is 28.2. The van der Waals surface area contributed by atoms with Crippen LogP contribution in [0.4, 0.5) is 16.3 Å². The number of amides is 1. The highest BCUT2D eigenvalue weighted by molar-refractivity contribution is 5.93. The van der Waals surface area contributed by atoms with E-state index in [4.69, 9.17) is 20.2 Å². The van der Waals surface area contributed by atoms with Crippen molar-refractivity contribution in [2.24, 2.45) is 12.8 Å². The highest BCUT2D eigenvalue weighted by Gasteiger charge is 2.28. The van der Waals surface area contributed by atoms with Gasteiger partial charge in [-0.3, -0.25) is 4.90 Å². The number of likely N-dealkylation sites (tertiary alicyclic amines) is 1. The molecular formula is C31H31N7O3. The Balaban J connectivity index is 1.19. The average molecular weight is 550 g/mol. The normalized spacial score (nSPS) is 15.2. The van der Waals surface area contributed by atoms with E-state index < -0.39 is 6.09 Å². The predicted molar refractivity (Wildman–Crippen MR) is 156 cm³/mol. The van der Waals surface area contributed by atoms with E-state index in [0.717, 1.165) is 64.4 Å². The van der Waals surface area contributed by atoms with Crippen LogP contribution < -0.4 is 15.8 Å². The highest BCUT2D eigenvalue weighted by Crippen LogP contribution is 2.30. The number of benzene rings is 3. The molecule has 3 aromatic carbocycles. The first kappa shape index (κ1) is 26.3. The number of hydrogen-bond acceptors (Lipinski definition) is 8. The number of nitrogens with one attached hydrogen (secondary N) is 1. The smallest absolute Gasteiger partial charge is 0.406 e. The van der Waals surface area contributed by atoms with Gasteiger partial charge in [0.05, 0.1) is 17.4 Å². The summed E-state index contributed by atoms with van der Waals surface area (Å²) in [6.07, 6.45) is 4.09. The molecule has 0 saturated carbocycles. The molecule has 2 aromatic heterocycles. The number of rotatable bonds is 9. The third-order valence-corrected chi connectivity index (χ3v) is 7.26. The first-order valence-electron chi connectivity index (χ1n) is 13.5. The molecule has 208 valence electrons. The number of carbonyl (C=O) groups excluding carboxylic acids is 1. The Labute approximate surface area is 237 Å². The number of nitrogens with zero attached hydrogens (tertiary/aromatic N) is 5. The van der Waals surface area contributed by atoms with Crippen LogP contribution in [-0.4, -0.2) is 43.3 Å². The van der Waals surface area contributed by atoms with Crippen LogP contribution in [0.15, 0.2) is 85.3 Å². The number of anilines is 2. The van der Waals surface area contributed by atoms with Crippen LogP contribution in [0.5, 0.6) is 5.75 Å².